The molecule has 1 aliphatic rings. The number of carbonyl (C=O) groups excluding carboxylic acids is 1. The Balaban J connectivity index is 1.53. The summed E-state index contributed by atoms with van der Waals surface area (Å²) in [6.45, 7) is 2.92. The lowest BCUT2D eigenvalue weighted by Crippen LogP contribution is -2.48. The smallest absolute Gasteiger partial charge is 0.246 e. The monoisotopic (exact) mass is 377 g/mol. The number of halogens is 1. The van der Waals surface area contributed by atoms with Gasteiger partial charge in [0.25, 0.3) is 0 Å². The molecule has 1 aliphatic heterocycles. The highest BCUT2D eigenvalue weighted by molar-refractivity contribution is 6.30. The summed E-state index contributed by atoms with van der Waals surface area (Å²) in [5.74, 6) is -0.000961. The fourth-order valence-electron chi connectivity index (χ4n) is 3.00. The van der Waals surface area contributed by atoms with Crippen LogP contribution in [0.5, 0.6) is 0 Å². The molecule has 4 nitrogen and oxygen atoms in total. The number of carbonyl (C=O) groups is 1. The molecule has 27 heavy (non-hydrogen) atoms. The lowest BCUT2D eigenvalue weighted by molar-refractivity contribution is -0.126. The van der Waals surface area contributed by atoms with E-state index in [9.17, 15) is 4.79 Å². The van der Waals surface area contributed by atoms with E-state index in [1.165, 1.54) is 0 Å². The number of hydrogen-bond donors (Lipinski definition) is 0. The third-order valence-corrected chi connectivity index (χ3v) is 4.71. The van der Waals surface area contributed by atoms with Crippen molar-refractivity contribution in [3.8, 4) is 6.07 Å². The Bertz CT molecular complexity index is 906. The van der Waals surface area contributed by atoms with Crippen molar-refractivity contribution in [1.29, 1.82) is 5.26 Å². The molecule has 1 heterocycles. The van der Waals surface area contributed by atoms with Gasteiger partial charge in [-0.25, -0.2) is 0 Å². The third kappa shape index (κ3) is 4.99. The van der Waals surface area contributed by atoms with E-state index in [0.29, 0.717) is 18.7 Å². The molecule has 2 aromatic rings. The van der Waals surface area contributed by atoms with E-state index in [1.807, 2.05) is 53.4 Å². The number of allylic oxidation sites excluding steroid dienone is 2. The number of nitrogens with zero attached hydrogens (tertiary/aromatic N) is 3. The molecule has 1 fully saturated rings. The first-order valence-electron chi connectivity index (χ1n) is 8.80. The summed E-state index contributed by atoms with van der Waals surface area (Å²) in [5.41, 5.74) is 2.54. The Morgan fingerprint density at radius 3 is 2.56 bits per heavy atom. The number of anilines is 1. The molecular formula is C22H20ClN3O. The Hall–Kier alpha value is -3.03. The average molecular weight is 378 g/mol. The molecule has 2 aromatic carbocycles. The number of benzene rings is 2. The van der Waals surface area contributed by atoms with Crippen LogP contribution in [0.4, 0.5) is 5.69 Å². The van der Waals surface area contributed by atoms with E-state index in [2.05, 4.69) is 11.0 Å². The van der Waals surface area contributed by atoms with Crippen molar-refractivity contribution in [2.24, 2.45) is 0 Å². The largest absolute Gasteiger partial charge is 0.368 e. The number of nitriles is 1. The SMILES string of the molecule is N#Cc1ccccc1/C=C/C=C/C(=O)N1CCN(c2cccc(Cl)c2)CC1. The second-order valence-corrected chi connectivity index (χ2v) is 6.65. The summed E-state index contributed by atoms with van der Waals surface area (Å²) >= 11 is 6.05. The van der Waals surface area contributed by atoms with Crippen molar-refractivity contribution in [3.63, 3.8) is 0 Å². The third-order valence-electron chi connectivity index (χ3n) is 4.47. The average Bonchev–Trinajstić information content (AvgIpc) is 2.71. The highest BCUT2D eigenvalue weighted by Crippen LogP contribution is 2.20. The normalized spacial score (nSPS) is 14.7. The van der Waals surface area contributed by atoms with Gasteiger partial charge >= 0.3 is 0 Å². The molecule has 0 saturated carbocycles. The molecule has 0 bridgehead atoms. The topological polar surface area (TPSA) is 47.3 Å². The highest BCUT2D eigenvalue weighted by Gasteiger charge is 2.19. The van der Waals surface area contributed by atoms with Crippen LogP contribution in [0.3, 0.4) is 0 Å². The van der Waals surface area contributed by atoms with E-state index < -0.39 is 0 Å². The van der Waals surface area contributed by atoms with Crippen LogP contribution in [0, 0.1) is 11.3 Å². The summed E-state index contributed by atoms with van der Waals surface area (Å²) in [5, 5.41) is 9.80. The van der Waals surface area contributed by atoms with E-state index in [1.54, 1.807) is 24.3 Å². The molecule has 136 valence electrons. The van der Waals surface area contributed by atoms with Crippen LogP contribution in [0.15, 0.2) is 66.8 Å². The summed E-state index contributed by atoms with van der Waals surface area (Å²) in [7, 11) is 0. The molecule has 0 aliphatic carbocycles. The maximum absolute atomic E-state index is 12.3. The lowest BCUT2D eigenvalue weighted by atomic mass is 10.1. The predicted octanol–water partition coefficient (Wildman–Crippen LogP) is 4.13. The molecule has 5 heteroatoms. The standard InChI is InChI=1S/C22H20ClN3O/c23-20-9-5-10-21(16-20)25-12-14-26(15-13-25)22(27)11-4-3-7-18-6-1-2-8-19(18)17-24/h1-11,16H,12-15H2/b7-3+,11-4+. The highest BCUT2D eigenvalue weighted by atomic mass is 35.5. The van der Waals surface area contributed by atoms with Gasteiger partial charge in [0.05, 0.1) is 11.6 Å². The number of hydrogen-bond acceptors (Lipinski definition) is 3. The zero-order valence-electron chi connectivity index (χ0n) is 14.9. The molecule has 0 unspecified atom stereocenters. The first-order chi connectivity index (χ1) is 13.2. The minimum atomic E-state index is -0.000961. The van der Waals surface area contributed by atoms with Gasteiger partial charge < -0.3 is 9.80 Å². The van der Waals surface area contributed by atoms with Gasteiger partial charge in [-0.3, -0.25) is 4.79 Å². The van der Waals surface area contributed by atoms with Gasteiger partial charge in [0.2, 0.25) is 5.91 Å². The molecule has 0 aromatic heterocycles. The summed E-state index contributed by atoms with van der Waals surface area (Å²) in [6, 6.07) is 17.3. The summed E-state index contributed by atoms with van der Waals surface area (Å²) < 4.78 is 0. The summed E-state index contributed by atoms with van der Waals surface area (Å²) in [4.78, 5) is 16.4. The molecular weight excluding hydrogens is 358 g/mol. The van der Waals surface area contributed by atoms with E-state index in [4.69, 9.17) is 16.9 Å². The van der Waals surface area contributed by atoms with E-state index in [-0.39, 0.29) is 5.91 Å². The zero-order valence-corrected chi connectivity index (χ0v) is 15.6. The maximum atomic E-state index is 12.3. The van der Waals surface area contributed by atoms with Crippen LogP contribution >= 0.6 is 11.6 Å². The van der Waals surface area contributed by atoms with Crippen molar-refractivity contribution in [1.82, 2.24) is 4.90 Å². The minimum absolute atomic E-state index is 0.000961. The first-order valence-corrected chi connectivity index (χ1v) is 9.18. The fraction of sp³-hybridized carbons (Fsp3) is 0.182. The van der Waals surface area contributed by atoms with Crippen LogP contribution in [-0.2, 0) is 4.79 Å². The molecule has 3 rings (SSSR count). The van der Waals surface area contributed by atoms with Crippen molar-refractivity contribution in [2.75, 3.05) is 31.1 Å². The Labute approximate surface area is 164 Å². The molecule has 0 atom stereocenters. The predicted molar refractivity (Wildman–Crippen MR) is 110 cm³/mol. The van der Waals surface area contributed by atoms with Crippen molar-refractivity contribution < 1.29 is 4.79 Å². The van der Waals surface area contributed by atoms with Crippen molar-refractivity contribution in [2.45, 2.75) is 0 Å². The van der Waals surface area contributed by atoms with Gasteiger partial charge in [0.15, 0.2) is 0 Å². The lowest BCUT2D eigenvalue weighted by Gasteiger charge is -2.35. The van der Waals surface area contributed by atoms with Crippen molar-refractivity contribution >= 4 is 29.3 Å². The zero-order chi connectivity index (χ0) is 19.1. The number of piperazine rings is 1. The fourth-order valence-corrected chi connectivity index (χ4v) is 3.19. The maximum Gasteiger partial charge on any atom is 0.246 e. The Morgan fingerprint density at radius 2 is 1.81 bits per heavy atom. The van der Waals surface area contributed by atoms with Gasteiger partial charge in [-0.2, -0.15) is 5.26 Å². The van der Waals surface area contributed by atoms with E-state index >= 15 is 0 Å². The number of amides is 1. The van der Waals surface area contributed by atoms with Crippen LogP contribution in [0.25, 0.3) is 6.08 Å². The summed E-state index contributed by atoms with van der Waals surface area (Å²) in [6.07, 6.45) is 6.91. The van der Waals surface area contributed by atoms with Crippen LogP contribution in [0.1, 0.15) is 11.1 Å². The quantitative estimate of drug-likeness (QED) is 0.594. The molecule has 0 N–H and O–H groups in total. The van der Waals surface area contributed by atoms with Gasteiger partial charge in [-0.1, -0.05) is 54.1 Å². The van der Waals surface area contributed by atoms with Gasteiger partial charge in [-0.15, -0.1) is 0 Å². The van der Waals surface area contributed by atoms with Gasteiger partial charge in [0, 0.05) is 43.0 Å². The van der Waals surface area contributed by atoms with E-state index in [0.717, 1.165) is 29.4 Å². The first kappa shape index (κ1) is 18.8. The van der Waals surface area contributed by atoms with Gasteiger partial charge in [0.1, 0.15) is 0 Å². The Morgan fingerprint density at radius 1 is 1.04 bits per heavy atom. The minimum Gasteiger partial charge on any atom is -0.368 e. The van der Waals surface area contributed by atoms with Crippen molar-refractivity contribution in [3.05, 3.63) is 82.9 Å². The number of rotatable bonds is 4. The van der Waals surface area contributed by atoms with Crippen LogP contribution in [0.2, 0.25) is 5.02 Å². The Kier molecular flexibility index (Phi) is 6.30. The van der Waals surface area contributed by atoms with Crippen LogP contribution < -0.4 is 4.90 Å². The molecule has 0 spiro atoms. The molecule has 0 radical (unpaired) electrons. The second-order valence-electron chi connectivity index (χ2n) is 6.21. The second kappa shape index (κ2) is 9.07. The van der Waals surface area contributed by atoms with Gasteiger partial charge in [-0.05, 0) is 29.8 Å². The molecule has 1 amide bonds. The molecule has 1 saturated heterocycles. The van der Waals surface area contributed by atoms with Crippen LogP contribution in [-0.4, -0.2) is 37.0 Å².